The highest BCUT2D eigenvalue weighted by molar-refractivity contribution is 7.99. The Kier molecular flexibility index (Phi) is 8.01. The van der Waals surface area contributed by atoms with E-state index in [-0.39, 0.29) is 11.9 Å². The van der Waals surface area contributed by atoms with Gasteiger partial charge < -0.3 is 11.1 Å². The number of nitrogens with zero attached hydrogens (tertiary/aromatic N) is 1. The van der Waals surface area contributed by atoms with Gasteiger partial charge in [-0.1, -0.05) is 0 Å². The highest BCUT2D eigenvalue weighted by Gasteiger charge is 2.15. The molecule has 0 aromatic carbocycles. The predicted octanol–water partition coefficient (Wildman–Crippen LogP) is 1.66. The molecule has 0 spiro atoms. The number of hydrogen-bond donors (Lipinski definition) is 2. The highest BCUT2D eigenvalue weighted by Crippen LogP contribution is 2.12. The largest absolute Gasteiger partial charge is 0.353 e. The summed E-state index contributed by atoms with van der Waals surface area (Å²) in [5, 5.41) is 11.6. The second-order valence-electron chi connectivity index (χ2n) is 4.76. The van der Waals surface area contributed by atoms with Crippen molar-refractivity contribution in [3.8, 4) is 6.07 Å². The monoisotopic (exact) mass is 257 g/mol. The number of nitriles is 1. The summed E-state index contributed by atoms with van der Waals surface area (Å²) < 4.78 is 0. The first-order valence-electron chi connectivity index (χ1n) is 5.94. The van der Waals surface area contributed by atoms with Crippen LogP contribution in [0.5, 0.6) is 0 Å². The van der Waals surface area contributed by atoms with Crippen LogP contribution in [-0.4, -0.2) is 29.0 Å². The zero-order valence-electron chi connectivity index (χ0n) is 11.0. The standard InChI is InChI=1S/C12H23N3OS/c1-10(2)15-11(16)8-17-7-5-4-6-12(3,14)9-13/h10H,4-8,14H2,1-3H3,(H,15,16). The molecule has 1 amide bonds. The molecule has 1 atom stereocenters. The van der Waals surface area contributed by atoms with Crippen LogP contribution in [-0.2, 0) is 4.79 Å². The number of carbonyl (C=O) groups excluding carboxylic acids is 1. The van der Waals surface area contributed by atoms with Gasteiger partial charge in [-0.3, -0.25) is 4.79 Å². The van der Waals surface area contributed by atoms with E-state index in [1.165, 1.54) is 0 Å². The number of amides is 1. The van der Waals surface area contributed by atoms with Crippen LogP contribution in [0.2, 0.25) is 0 Å². The Hall–Kier alpha value is -0.730. The summed E-state index contributed by atoms with van der Waals surface area (Å²) >= 11 is 1.63. The van der Waals surface area contributed by atoms with Crippen molar-refractivity contribution in [2.75, 3.05) is 11.5 Å². The van der Waals surface area contributed by atoms with Crippen molar-refractivity contribution in [2.45, 2.75) is 51.6 Å². The van der Waals surface area contributed by atoms with Gasteiger partial charge in [0.25, 0.3) is 0 Å². The lowest BCUT2D eigenvalue weighted by atomic mass is 9.99. The molecule has 0 aliphatic heterocycles. The Morgan fingerprint density at radius 2 is 2.18 bits per heavy atom. The number of nitrogens with two attached hydrogens (primary N) is 1. The lowest BCUT2D eigenvalue weighted by molar-refractivity contribution is -0.119. The Morgan fingerprint density at radius 1 is 1.53 bits per heavy atom. The Bertz CT molecular complexity index is 271. The summed E-state index contributed by atoms with van der Waals surface area (Å²) in [4.78, 5) is 11.3. The summed E-state index contributed by atoms with van der Waals surface area (Å²) in [6, 6.07) is 2.28. The number of nitrogens with one attached hydrogen (secondary N) is 1. The Labute approximate surface area is 108 Å². The van der Waals surface area contributed by atoms with Crippen molar-refractivity contribution in [1.82, 2.24) is 5.32 Å². The van der Waals surface area contributed by atoms with Gasteiger partial charge in [-0.05, 0) is 45.8 Å². The first-order chi connectivity index (χ1) is 7.87. The molecule has 0 rings (SSSR count). The molecule has 4 nitrogen and oxygen atoms in total. The Morgan fingerprint density at radius 3 is 2.71 bits per heavy atom. The molecule has 17 heavy (non-hydrogen) atoms. The quantitative estimate of drug-likeness (QED) is 0.648. The van der Waals surface area contributed by atoms with Crippen LogP contribution in [0.15, 0.2) is 0 Å². The third kappa shape index (κ3) is 10.2. The minimum Gasteiger partial charge on any atom is -0.353 e. The van der Waals surface area contributed by atoms with E-state index in [1.807, 2.05) is 13.8 Å². The molecule has 0 heterocycles. The van der Waals surface area contributed by atoms with Gasteiger partial charge in [0.2, 0.25) is 5.91 Å². The first kappa shape index (κ1) is 16.3. The third-order valence-electron chi connectivity index (χ3n) is 2.17. The van der Waals surface area contributed by atoms with Crippen LogP contribution in [0.4, 0.5) is 0 Å². The van der Waals surface area contributed by atoms with E-state index in [0.29, 0.717) is 12.2 Å². The van der Waals surface area contributed by atoms with E-state index < -0.39 is 5.54 Å². The maximum atomic E-state index is 11.3. The third-order valence-corrected chi connectivity index (χ3v) is 3.22. The van der Waals surface area contributed by atoms with Gasteiger partial charge in [0.05, 0.1) is 11.8 Å². The predicted molar refractivity (Wildman–Crippen MR) is 72.7 cm³/mol. The average molecular weight is 257 g/mol. The fraction of sp³-hybridized carbons (Fsp3) is 0.833. The fourth-order valence-electron chi connectivity index (χ4n) is 1.28. The van der Waals surface area contributed by atoms with E-state index in [1.54, 1.807) is 18.7 Å². The molecule has 0 aromatic heterocycles. The van der Waals surface area contributed by atoms with Crippen LogP contribution in [0.25, 0.3) is 0 Å². The van der Waals surface area contributed by atoms with Gasteiger partial charge in [0.1, 0.15) is 5.54 Å². The van der Waals surface area contributed by atoms with E-state index in [0.717, 1.165) is 18.6 Å². The average Bonchev–Trinajstić information content (AvgIpc) is 2.22. The van der Waals surface area contributed by atoms with Crippen molar-refractivity contribution < 1.29 is 4.79 Å². The molecule has 1 unspecified atom stereocenters. The van der Waals surface area contributed by atoms with Crippen LogP contribution in [0.1, 0.15) is 40.0 Å². The fourth-order valence-corrected chi connectivity index (χ4v) is 2.10. The molecule has 0 fully saturated rings. The summed E-state index contributed by atoms with van der Waals surface area (Å²) in [7, 11) is 0. The van der Waals surface area contributed by atoms with E-state index in [9.17, 15) is 4.79 Å². The van der Waals surface area contributed by atoms with Crippen LogP contribution < -0.4 is 11.1 Å². The number of carbonyl (C=O) groups is 1. The maximum absolute atomic E-state index is 11.3. The molecule has 0 aliphatic rings. The minimum absolute atomic E-state index is 0.0886. The van der Waals surface area contributed by atoms with Crippen molar-refractivity contribution in [3.05, 3.63) is 0 Å². The SMILES string of the molecule is CC(C)NC(=O)CSCCCCC(C)(N)C#N. The maximum Gasteiger partial charge on any atom is 0.230 e. The van der Waals surface area contributed by atoms with Gasteiger partial charge in [0.15, 0.2) is 0 Å². The zero-order valence-corrected chi connectivity index (χ0v) is 11.8. The first-order valence-corrected chi connectivity index (χ1v) is 7.10. The van der Waals surface area contributed by atoms with Crippen molar-refractivity contribution >= 4 is 17.7 Å². The molecule has 3 N–H and O–H groups in total. The van der Waals surface area contributed by atoms with Gasteiger partial charge in [0, 0.05) is 6.04 Å². The molecule has 0 bridgehead atoms. The van der Waals surface area contributed by atoms with Gasteiger partial charge in [-0.25, -0.2) is 0 Å². The lowest BCUT2D eigenvalue weighted by Crippen LogP contribution is -2.33. The number of rotatable bonds is 8. The van der Waals surface area contributed by atoms with Crippen LogP contribution in [0, 0.1) is 11.3 Å². The molecule has 5 heteroatoms. The topological polar surface area (TPSA) is 78.9 Å². The van der Waals surface area contributed by atoms with E-state index in [2.05, 4.69) is 11.4 Å². The Balaban J connectivity index is 3.42. The second kappa shape index (κ2) is 8.37. The number of hydrogen-bond acceptors (Lipinski definition) is 4. The number of thioether (sulfide) groups is 1. The van der Waals surface area contributed by atoms with Crippen LogP contribution >= 0.6 is 11.8 Å². The van der Waals surface area contributed by atoms with Crippen molar-refractivity contribution in [3.63, 3.8) is 0 Å². The molecular weight excluding hydrogens is 234 g/mol. The molecule has 0 saturated carbocycles. The highest BCUT2D eigenvalue weighted by atomic mass is 32.2. The van der Waals surface area contributed by atoms with E-state index in [4.69, 9.17) is 11.0 Å². The smallest absolute Gasteiger partial charge is 0.230 e. The summed E-state index contributed by atoms with van der Waals surface area (Å²) in [5.74, 6) is 1.54. The normalized spacial score (nSPS) is 14.1. The summed E-state index contributed by atoms with van der Waals surface area (Å²) in [6.07, 6.45) is 2.63. The minimum atomic E-state index is -0.709. The molecule has 98 valence electrons. The lowest BCUT2D eigenvalue weighted by Gasteiger charge is -2.14. The molecular formula is C12H23N3OS. The summed E-state index contributed by atoms with van der Waals surface area (Å²) in [6.45, 7) is 5.65. The van der Waals surface area contributed by atoms with Crippen molar-refractivity contribution in [2.24, 2.45) is 5.73 Å². The molecule has 0 saturated heterocycles. The molecule has 0 aliphatic carbocycles. The van der Waals surface area contributed by atoms with Gasteiger partial charge in [-0.15, -0.1) is 0 Å². The summed E-state index contributed by atoms with van der Waals surface area (Å²) in [5.41, 5.74) is 4.99. The molecule has 0 aromatic rings. The zero-order chi connectivity index (χ0) is 13.3. The van der Waals surface area contributed by atoms with Gasteiger partial charge >= 0.3 is 0 Å². The van der Waals surface area contributed by atoms with Crippen molar-refractivity contribution in [1.29, 1.82) is 5.26 Å². The molecule has 0 radical (unpaired) electrons. The van der Waals surface area contributed by atoms with E-state index >= 15 is 0 Å². The number of unbranched alkanes of at least 4 members (excludes halogenated alkanes) is 1. The van der Waals surface area contributed by atoms with Crippen LogP contribution in [0.3, 0.4) is 0 Å². The van der Waals surface area contributed by atoms with Gasteiger partial charge in [-0.2, -0.15) is 17.0 Å². The second-order valence-corrected chi connectivity index (χ2v) is 5.87.